The zero-order chi connectivity index (χ0) is 16.3. The third-order valence-corrected chi connectivity index (χ3v) is 4.82. The van der Waals surface area contributed by atoms with Crippen LogP contribution in [0.25, 0.3) is 0 Å². The fourth-order valence-electron chi connectivity index (χ4n) is 1.87. The van der Waals surface area contributed by atoms with Crippen molar-refractivity contribution in [1.82, 2.24) is 9.62 Å². The molecule has 0 radical (unpaired) electrons. The van der Waals surface area contributed by atoms with Crippen molar-refractivity contribution in [2.75, 3.05) is 13.6 Å². The predicted molar refractivity (Wildman–Crippen MR) is 79.0 cm³/mol. The molecule has 0 spiro atoms. The number of carbonyl (C=O) groups is 2. The summed E-state index contributed by atoms with van der Waals surface area (Å²) in [6.07, 6.45) is 1.50. The van der Waals surface area contributed by atoms with Gasteiger partial charge < -0.3 is 10.0 Å². The van der Waals surface area contributed by atoms with Crippen LogP contribution in [0.3, 0.4) is 0 Å². The zero-order valence-electron chi connectivity index (χ0n) is 12.2. The largest absolute Gasteiger partial charge is 0.481 e. The summed E-state index contributed by atoms with van der Waals surface area (Å²) in [7, 11) is -2.14. The molecule has 2 N–H and O–H groups in total. The summed E-state index contributed by atoms with van der Waals surface area (Å²) in [6.45, 7) is 0.0610. The number of carboxylic acids is 1. The van der Waals surface area contributed by atoms with Crippen LogP contribution < -0.4 is 4.72 Å². The highest BCUT2D eigenvalue weighted by molar-refractivity contribution is 7.89. The Morgan fingerprint density at radius 2 is 2.05 bits per heavy atom. The number of sulfonamides is 1. The Balaban J connectivity index is 2.13. The number of hydrogen-bond acceptors (Lipinski definition) is 4. The molecular formula is C14H18N2O5S. The molecule has 1 aliphatic carbocycles. The second kappa shape index (κ2) is 6.45. The summed E-state index contributed by atoms with van der Waals surface area (Å²) in [5.74, 6) is -1.41. The Hall–Kier alpha value is -1.93. The minimum Gasteiger partial charge on any atom is -0.481 e. The first kappa shape index (κ1) is 16.4. The number of amides is 1. The maximum atomic E-state index is 12.2. The van der Waals surface area contributed by atoms with Gasteiger partial charge in [-0.3, -0.25) is 9.59 Å². The second-order valence-corrected chi connectivity index (χ2v) is 7.01. The van der Waals surface area contributed by atoms with E-state index in [9.17, 15) is 18.0 Å². The van der Waals surface area contributed by atoms with E-state index < -0.39 is 21.9 Å². The summed E-state index contributed by atoms with van der Waals surface area (Å²) in [5.41, 5.74) is 0.214. The monoisotopic (exact) mass is 326 g/mol. The lowest BCUT2D eigenvalue weighted by Gasteiger charge is -2.16. The van der Waals surface area contributed by atoms with Crippen molar-refractivity contribution < 1.29 is 23.1 Å². The van der Waals surface area contributed by atoms with Crippen molar-refractivity contribution in [1.29, 1.82) is 0 Å². The Morgan fingerprint density at radius 3 is 2.64 bits per heavy atom. The second-order valence-electron chi connectivity index (χ2n) is 5.29. The molecule has 2 rings (SSSR count). The van der Waals surface area contributed by atoms with Crippen molar-refractivity contribution in [3.8, 4) is 0 Å². The quantitative estimate of drug-likeness (QED) is 0.766. The molecule has 1 saturated carbocycles. The van der Waals surface area contributed by atoms with Gasteiger partial charge in [-0.15, -0.1) is 0 Å². The first-order valence-electron chi connectivity index (χ1n) is 6.89. The van der Waals surface area contributed by atoms with Crippen LogP contribution in [0, 0.1) is 0 Å². The molecule has 1 aliphatic rings. The van der Waals surface area contributed by atoms with Crippen LogP contribution in [0.5, 0.6) is 0 Å². The first-order valence-corrected chi connectivity index (χ1v) is 8.37. The number of rotatable bonds is 7. The van der Waals surface area contributed by atoms with E-state index in [-0.39, 0.29) is 29.5 Å². The number of carboxylic acid groups (broad SMARTS) is 1. The smallest absolute Gasteiger partial charge is 0.305 e. The molecule has 0 bridgehead atoms. The Kier molecular flexibility index (Phi) is 4.82. The molecular weight excluding hydrogens is 308 g/mol. The lowest BCUT2D eigenvalue weighted by atomic mass is 10.2. The van der Waals surface area contributed by atoms with Gasteiger partial charge in [0, 0.05) is 25.2 Å². The van der Waals surface area contributed by atoms with Gasteiger partial charge in [0.2, 0.25) is 10.0 Å². The fraction of sp³-hybridized carbons (Fsp3) is 0.429. The van der Waals surface area contributed by atoms with E-state index in [0.717, 1.165) is 12.8 Å². The van der Waals surface area contributed by atoms with E-state index in [1.165, 1.54) is 36.2 Å². The molecule has 1 fully saturated rings. The zero-order valence-corrected chi connectivity index (χ0v) is 13.0. The van der Waals surface area contributed by atoms with Crippen LogP contribution in [0.15, 0.2) is 29.2 Å². The number of nitrogens with one attached hydrogen (secondary N) is 1. The summed E-state index contributed by atoms with van der Waals surface area (Å²) in [5, 5.41) is 8.63. The van der Waals surface area contributed by atoms with E-state index in [4.69, 9.17) is 5.11 Å². The van der Waals surface area contributed by atoms with E-state index in [1.807, 2.05) is 0 Å². The van der Waals surface area contributed by atoms with E-state index in [2.05, 4.69) is 4.72 Å². The molecule has 0 unspecified atom stereocenters. The number of aliphatic carboxylic acids is 1. The van der Waals surface area contributed by atoms with Gasteiger partial charge >= 0.3 is 5.97 Å². The lowest BCUT2D eigenvalue weighted by Crippen LogP contribution is -2.30. The molecule has 0 aromatic heterocycles. The fourth-order valence-corrected chi connectivity index (χ4v) is 3.22. The first-order chi connectivity index (χ1) is 10.3. The summed E-state index contributed by atoms with van der Waals surface area (Å²) >= 11 is 0. The SMILES string of the molecule is CN(CCC(=O)O)C(=O)c1cccc(S(=O)(=O)NC2CC2)c1. The molecule has 0 atom stereocenters. The van der Waals surface area contributed by atoms with Gasteiger partial charge in [0.1, 0.15) is 0 Å². The number of carbonyl (C=O) groups excluding carboxylic acids is 1. The third-order valence-electron chi connectivity index (χ3n) is 3.30. The molecule has 8 heteroatoms. The molecule has 0 heterocycles. The molecule has 22 heavy (non-hydrogen) atoms. The van der Waals surface area contributed by atoms with Crippen molar-refractivity contribution in [3.63, 3.8) is 0 Å². The van der Waals surface area contributed by atoms with Crippen molar-refractivity contribution >= 4 is 21.9 Å². The van der Waals surface area contributed by atoms with Crippen LogP contribution in [0.1, 0.15) is 29.6 Å². The highest BCUT2D eigenvalue weighted by atomic mass is 32.2. The molecule has 1 aromatic rings. The average molecular weight is 326 g/mol. The van der Waals surface area contributed by atoms with Crippen molar-refractivity contribution in [2.45, 2.75) is 30.2 Å². The van der Waals surface area contributed by atoms with E-state index in [1.54, 1.807) is 0 Å². The van der Waals surface area contributed by atoms with Crippen LogP contribution in [-0.4, -0.2) is 49.9 Å². The number of hydrogen-bond donors (Lipinski definition) is 2. The van der Waals surface area contributed by atoms with Gasteiger partial charge in [-0.1, -0.05) is 6.07 Å². The van der Waals surface area contributed by atoms with E-state index in [0.29, 0.717) is 0 Å². The molecule has 7 nitrogen and oxygen atoms in total. The molecule has 0 aliphatic heterocycles. The number of nitrogens with zero attached hydrogens (tertiary/aromatic N) is 1. The van der Waals surface area contributed by atoms with Crippen LogP contribution in [0.2, 0.25) is 0 Å². The maximum absolute atomic E-state index is 12.2. The van der Waals surface area contributed by atoms with Gasteiger partial charge in [0.15, 0.2) is 0 Å². The molecule has 120 valence electrons. The average Bonchev–Trinajstić information content (AvgIpc) is 3.27. The predicted octanol–water partition coefficient (Wildman–Crippen LogP) is 0.674. The Morgan fingerprint density at radius 1 is 1.36 bits per heavy atom. The normalized spacial score (nSPS) is 14.6. The standard InChI is InChI=1S/C14H18N2O5S/c1-16(8-7-13(17)18)14(19)10-3-2-4-12(9-10)22(20,21)15-11-5-6-11/h2-4,9,11,15H,5-8H2,1H3,(H,17,18). The summed E-state index contributed by atoms with van der Waals surface area (Å²) in [4.78, 5) is 24.0. The number of benzene rings is 1. The van der Waals surface area contributed by atoms with Gasteiger partial charge in [0.25, 0.3) is 5.91 Å². The highest BCUT2D eigenvalue weighted by Crippen LogP contribution is 2.22. The highest BCUT2D eigenvalue weighted by Gasteiger charge is 2.28. The van der Waals surface area contributed by atoms with Gasteiger partial charge in [-0.05, 0) is 31.0 Å². The topological polar surface area (TPSA) is 104 Å². The molecule has 1 amide bonds. The van der Waals surface area contributed by atoms with E-state index >= 15 is 0 Å². The van der Waals surface area contributed by atoms with Crippen LogP contribution >= 0.6 is 0 Å². The van der Waals surface area contributed by atoms with Crippen molar-refractivity contribution in [2.24, 2.45) is 0 Å². The summed E-state index contributed by atoms with van der Waals surface area (Å²) in [6, 6.07) is 5.74. The van der Waals surface area contributed by atoms with Gasteiger partial charge in [-0.2, -0.15) is 0 Å². The van der Waals surface area contributed by atoms with Gasteiger partial charge in [-0.25, -0.2) is 13.1 Å². The molecule has 0 saturated heterocycles. The van der Waals surface area contributed by atoms with Gasteiger partial charge in [0.05, 0.1) is 11.3 Å². The third kappa shape index (κ3) is 4.28. The van der Waals surface area contributed by atoms with Crippen LogP contribution in [0.4, 0.5) is 0 Å². The van der Waals surface area contributed by atoms with Crippen LogP contribution in [-0.2, 0) is 14.8 Å². The minimum absolute atomic E-state index is 0.0115. The Bertz CT molecular complexity index is 682. The molecule has 1 aromatic carbocycles. The lowest BCUT2D eigenvalue weighted by molar-refractivity contribution is -0.137. The Labute approximate surface area is 129 Å². The maximum Gasteiger partial charge on any atom is 0.305 e. The summed E-state index contributed by atoms with van der Waals surface area (Å²) < 4.78 is 26.8. The van der Waals surface area contributed by atoms with Crippen molar-refractivity contribution in [3.05, 3.63) is 29.8 Å². The minimum atomic E-state index is -3.62.